The predicted molar refractivity (Wildman–Crippen MR) is 62.8 cm³/mol. The van der Waals surface area contributed by atoms with Gasteiger partial charge in [-0.3, -0.25) is 5.10 Å². The van der Waals surface area contributed by atoms with Gasteiger partial charge in [0.25, 0.3) is 0 Å². The molecule has 0 aliphatic rings. The third-order valence-electron chi connectivity index (χ3n) is 2.39. The molecule has 0 aliphatic heterocycles. The largest absolute Gasteiger partial charge is 0.382 e. The summed E-state index contributed by atoms with van der Waals surface area (Å²) in [5, 5.41) is 6.69. The fourth-order valence-corrected chi connectivity index (χ4v) is 1.78. The van der Waals surface area contributed by atoms with Crippen molar-refractivity contribution >= 4 is 17.4 Å². The summed E-state index contributed by atoms with van der Waals surface area (Å²) in [5.74, 6) is 0.0360. The topological polar surface area (TPSA) is 54.7 Å². The summed E-state index contributed by atoms with van der Waals surface area (Å²) in [5.41, 5.74) is 7.60. The SMILES string of the molecule is CCc1cc(-c2cc(N)n[nH]2)cc(Cl)c1F. The van der Waals surface area contributed by atoms with Crippen LogP contribution in [0.15, 0.2) is 18.2 Å². The number of aromatic nitrogens is 2. The van der Waals surface area contributed by atoms with Crippen LogP contribution in [0.2, 0.25) is 5.02 Å². The lowest BCUT2D eigenvalue weighted by Gasteiger charge is -2.05. The second kappa shape index (κ2) is 4.14. The van der Waals surface area contributed by atoms with E-state index in [0.29, 0.717) is 17.8 Å². The van der Waals surface area contributed by atoms with Crippen molar-refractivity contribution in [3.63, 3.8) is 0 Å². The number of halogens is 2. The van der Waals surface area contributed by atoms with Crippen LogP contribution in [-0.2, 0) is 6.42 Å². The van der Waals surface area contributed by atoms with E-state index in [1.165, 1.54) is 0 Å². The van der Waals surface area contributed by atoms with Crippen molar-refractivity contribution in [1.82, 2.24) is 10.2 Å². The van der Waals surface area contributed by atoms with Crippen LogP contribution in [0.25, 0.3) is 11.3 Å². The maximum Gasteiger partial charge on any atom is 0.145 e. The number of rotatable bonds is 2. The Morgan fingerprint density at radius 2 is 2.19 bits per heavy atom. The highest BCUT2D eigenvalue weighted by molar-refractivity contribution is 6.31. The van der Waals surface area contributed by atoms with E-state index >= 15 is 0 Å². The van der Waals surface area contributed by atoms with Crippen molar-refractivity contribution in [3.8, 4) is 11.3 Å². The molecule has 1 aromatic heterocycles. The van der Waals surface area contributed by atoms with Gasteiger partial charge in [0.1, 0.15) is 11.6 Å². The van der Waals surface area contributed by atoms with Gasteiger partial charge in [0.05, 0.1) is 10.7 Å². The van der Waals surface area contributed by atoms with Gasteiger partial charge in [-0.2, -0.15) is 5.10 Å². The van der Waals surface area contributed by atoms with E-state index in [1.54, 1.807) is 18.2 Å². The van der Waals surface area contributed by atoms with Gasteiger partial charge in [0.15, 0.2) is 0 Å². The number of nitrogens with one attached hydrogen (secondary N) is 1. The summed E-state index contributed by atoms with van der Waals surface area (Å²) in [6, 6.07) is 4.99. The zero-order valence-corrected chi connectivity index (χ0v) is 9.48. The first-order chi connectivity index (χ1) is 7.61. The van der Waals surface area contributed by atoms with Gasteiger partial charge in [-0.15, -0.1) is 0 Å². The van der Waals surface area contributed by atoms with E-state index in [4.69, 9.17) is 17.3 Å². The number of hydrogen-bond acceptors (Lipinski definition) is 2. The molecule has 0 amide bonds. The quantitative estimate of drug-likeness (QED) is 0.847. The van der Waals surface area contributed by atoms with Crippen LogP contribution < -0.4 is 5.73 Å². The molecule has 3 N–H and O–H groups in total. The first-order valence-electron chi connectivity index (χ1n) is 4.91. The molecule has 84 valence electrons. The molecule has 1 heterocycles. The van der Waals surface area contributed by atoms with E-state index in [9.17, 15) is 4.39 Å². The van der Waals surface area contributed by atoms with E-state index < -0.39 is 0 Å². The molecule has 3 nitrogen and oxygen atoms in total. The van der Waals surface area contributed by atoms with Crippen molar-refractivity contribution in [2.75, 3.05) is 5.73 Å². The zero-order valence-electron chi connectivity index (χ0n) is 8.72. The van der Waals surface area contributed by atoms with Crippen molar-refractivity contribution in [2.24, 2.45) is 0 Å². The molecule has 16 heavy (non-hydrogen) atoms. The molecule has 0 bridgehead atoms. The van der Waals surface area contributed by atoms with Crippen LogP contribution in [0.1, 0.15) is 12.5 Å². The van der Waals surface area contributed by atoms with Crippen LogP contribution in [0.5, 0.6) is 0 Å². The van der Waals surface area contributed by atoms with Crippen LogP contribution in [0.4, 0.5) is 10.2 Å². The molecule has 0 atom stereocenters. The van der Waals surface area contributed by atoms with Crippen molar-refractivity contribution in [3.05, 3.63) is 34.6 Å². The van der Waals surface area contributed by atoms with Crippen LogP contribution >= 0.6 is 11.6 Å². The number of hydrogen-bond donors (Lipinski definition) is 2. The standard InChI is InChI=1S/C11H11ClFN3/c1-2-6-3-7(4-8(12)11(6)13)9-5-10(14)16-15-9/h3-5H,2H2,1H3,(H3,14,15,16). The van der Waals surface area contributed by atoms with Crippen molar-refractivity contribution in [2.45, 2.75) is 13.3 Å². The minimum absolute atomic E-state index is 0.113. The van der Waals surface area contributed by atoms with Gasteiger partial charge in [-0.1, -0.05) is 18.5 Å². The molecule has 2 rings (SSSR count). The Bertz CT molecular complexity index is 522. The van der Waals surface area contributed by atoms with E-state index in [0.717, 1.165) is 11.3 Å². The highest BCUT2D eigenvalue weighted by atomic mass is 35.5. The van der Waals surface area contributed by atoms with Crippen LogP contribution in [0, 0.1) is 5.82 Å². The summed E-state index contributed by atoms with van der Waals surface area (Å²) in [6.07, 6.45) is 0.586. The highest BCUT2D eigenvalue weighted by Crippen LogP contribution is 2.27. The second-order valence-corrected chi connectivity index (χ2v) is 3.90. The summed E-state index contributed by atoms with van der Waals surface area (Å²) >= 11 is 5.81. The number of nitrogens with two attached hydrogens (primary N) is 1. The highest BCUT2D eigenvalue weighted by Gasteiger charge is 2.10. The number of benzene rings is 1. The Hall–Kier alpha value is -1.55. The van der Waals surface area contributed by atoms with Gasteiger partial charge < -0.3 is 5.73 Å². The molecule has 0 aliphatic carbocycles. The summed E-state index contributed by atoms with van der Waals surface area (Å²) in [4.78, 5) is 0. The van der Waals surface area contributed by atoms with Gasteiger partial charge in [0, 0.05) is 11.6 Å². The third-order valence-corrected chi connectivity index (χ3v) is 2.67. The normalized spacial score (nSPS) is 10.7. The number of aromatic amines is 1. The molecular weight excluding hydrogens is 229 g/mol. The molecule has 5 heteroatoms. The lowest BCUT2D eigenvalue weighted by molar-refractivity contribution is 0.613. The fourth-order valence-electron chi connectivity index (χ4n) is 1.54. The zero-order chi connectivity index (χ0) is 11.7. The first kappa shape index (κ1) is 11.0. The minimum Gasteiger partial charge on any atom is -0.382 e. The molecule has 0 radical (unpaired) electrons. The lowest BCUT2D eigenvalue weighted by Crippen LogP contribution is -1.91. The third kappa shape index (κ3) is 1.88. The Kier molecular flexibility index (Phi) is 2.83. The van der Waals surface area contributed by atoms with Crippen LogP contribution in [-0.4, -0.2) is 10.2 Å². The summed E-state index contributed by atoms with van der Waals surface area (Å²) < 4.78 is 13.5. The van der Waals surface area contributed by atoms with E-state index in [-0.39, 0.29) is 10.8 Å². The molecule has 0 saturated carbocycles. The maximum absolute atomic E-state index is 13.5. The Labute approximate surface area is 97.4 Å². The van der Waals surface area contributed by atoms with Gasteiger partial charge in [-0.05, 0) is 24.1 Å². The summed E-state index contributed by atoms with van der Waals surface area (Å²) in [7, 11) is 0. The van der Waals surface area contributed by atoms with Gasteiger partial charge >= 0.3 is 0 Å². The Morgan fingerprint density at radius 1 is 1.44 bits per heavy atom. The first-order valence-corrected chi connectivity index (χ1v) is 5.28. The van der Waals surface area contributed by atoms with E-state index in [1.807, 2.05) is 6.92 Å². The Balaban J connectivity index is 2.54. The molecule has 0 spiro atoms. The number of H-pyrrole nitrogens is 1. The number of nitrogen functional groups attached to an aromatic ring is 1. The molecule has 0 fully saturated rings. The average Bonchev–Trinajstić information content (AvgIpc) is 2.69. The van der Waals surface area contributed by atoms with Crippen molar-refractivity contribution < 1.29 is 4.39 Å². The Morgan fingerprint density at radius 3 is 2.75 bits per heavy atom. The molecular formula is C11H11ClFN3. The minimum atomic E-state index is -0.361. The van der Waals surface area contributed by atoms with Gasteiger partial charge in [-0.25, -0.2) is 4.39 Å². The molecule has 2 aromatic rings. The maximum atomic E-state index is 13.5. The smallest absolute Gasteiger partial charge is 0.145 e. The average molecular weight is 240 g/mol. The predicted octanol–water partition coefficient (Wildman–Crippen LogP) is 3.01. The fraction of sp³-hybridized carbons (Fsp3) is 0.182. The molecule has 1 aromatic carbocycles. The number of aryl methyl sites for hydroxylation is 1. The lowest BCUT2D eigenvalue weighted by atomic mass is 10.1. The van der Waals surface area contributed by atoms with E-state index in [2.05, 4.69) is 10.2 Å². The monoisotopic (exact) mass is 239 g/mol. The molecule has 0 unspecified atom stereocenters. The number of nitrogens with zero attached hydrogens (tertiary/aromatic N) is 1. The number of anilines is 1. The molecule has 0 saturated heterocycles. The second-order valence-electron chi connectivity index (χ2n) is 3.49. The van der Waals surface area contributed by atoms with Crippen LogP contribution in [0.3, 0.4) is 0 Å². The van der Waals surface area contributed by atoms with Crippen molar-refractivity contribution in [1.29, 1.82) is 0 Å². The summed E-state index contributed by atoms with van der Waals surface area (Å²) in [6.45, 7) is 1.87. The van der Waals surface area contributed by atoms with Gasteiger partial charge in [0.2, 0.25) is 0 Å².